The van der Waals surface area contributed by atoms with E-state index in [0.717, 1.165) is 5.56 Å². The summed E-state index contributed by atoms with van der Waals surface area (Å²) in [5, 5.41) is 9.16. The third-order valence-electron chi connectivity index (χ3n) is 3.05. The number of anilines is 1. The summed E-state index contributed by atoms with van der Waals surface area (Å²) < 4.78 is 5.22. The molecule has 106 valence electrons. The summed E-state index contributed by atoms with van der Waals surface area (Å²) in [5.74, 6) is -0.446. The standard InChI is InChI=1S/C16H13ClN2O2/c1-10-6-12(4-5-15(10)19)16(20)21-9-13-3-2-11(8-18)7-14(13)17/h2-7H,9,19H2,1H3. The summed E-state index contributed by atoms with van der Waals surface area (Å²) >= 11 is 6.02. The van der Waals surface area contributed by atoms with Gasteiger partial charge in [0.25, 0.3) is 0 Å². The Kier molecular flexibility index (Phi) is 4.46. The van der Waals surface area contributed by atoms with E-state index in [2.05, 4.69) is 0 Å². The van der Waals surface area contributed by atoms with Crippen molar-refractivity contribution < 1.29 is 9.53 Å². The third kappa shape index (κ3) is 3.53. The normalized spacial score (nSPS) is 9.95. The lowest BCUT2D eigenvalue weighted by molar-refractivity contribution is 0.0473. The second-order valence-corrected chi connectivity index (χ2v) is 4.97. The minimum atomic E-state index is -0.446. The number of ether oxygens (including phenoxy) is 1. The zero-order chi connectivity index (χ0) is 15.4. The van der Waals surface area contributed by atoms with E-state index in [1.54, 1.807) is 30.3 Å². The van der Waals surface area contributed by atoms with Gasteiger partial charge in [0.2, 0.25) is 0 Å². The van der Waals surface area contributed by atoms with Gasteiger partial charge >= 0.3 is 5.97 Å². The summed E-state index contributed by atoms with van der Waals surface area (Å²) in [7, 11) is 0. The number of hydrogen-bond acceptors (Lipinski definition) is 4. The number of nitrogens with two attached hydrogens (primary N) is 1. The van der Waals surface area contributed by atoms with Gasteiger partial charge in [-0.05, 0) is 42.8 Å². The second-order valence-electron chi connectivity index (χ2n) is 4.57. The van der Waals surface area contributed by atoms with Gasteiger partial charge in [-0.15, -0.1) is 0 Å². The Balaban J connectivity index is 2.07. The SMILES string of the molecule is Cc1cc(C(=O)OCc2ccc(C#N)cc2Cl)ccc1N. The molecule has 0 unspecified atom stereocenters. The molecule has 0 fully saturated rings. The van der Waals surface area contributed by atoms with Crippen LogP contribution in [0.1, 0.15) is 27.0 Å². The van der Waals surface area contributed by atoms with Crippen LogP contribution in [0.25, 0.3) is 0 Å². The van der Waals surface area contributed by atoms with Crippen molar-refractivity contribution in [2.24, 2.45) is 0 Å². The molecule has 2 rings (SSSR count). The first kappa shape index (κ1) is 14.9. The first-order valence-corrected chi connectivity index (χ1v) is 6.61. The second kappa shape index (κ2) is 6.29. The maximum absolute atomic E-state index is 12.0. The quantitative estimate of drug-likeness (QED) is 0.695. The van der Waals surface area contributed by atoms with Gasteiger partial charge in [-0.2, -0.15) is 5.26 Å². The van der Waals surface area contributed by atoms with E-state index in [0.29, 0.717) is 27.4 Å². The van der Waals surface area contributed by atoms with Crippen LogP contribution in [-0.4, -0.2) is 5.97 Å². The van der Waals surface area contributed by atoms with Crippen LogP contribution in [0.2, 0.25) is 5.02 Å². The fourth-order valence-electron chi connectivity index (χ4n) is 1.76. The number of carbonyl (C=O) groups excluding carboxylic acids is 1. The number of carbonyl (C=O) groups is 1. The molecule has 0 aromatic heterocycles. The van der Waals surface area contributed by atoms with Crippen LogP contribution in [0.3, 0.4) is 0 Å². The molecule has 0 saturated heterocycles. The molecule has 0 amide bonds. The van der Waals surface area contributed by atoms with Crippen LogP contribution in [-0.2, 0) is 11.3 Å². The predicted molar refractivity (Wildman–Crippen MR) is 80.9 cm³/mol. The molecule has 0 heterocycles. The molecule has 0 radical (unpaired) electrons. The molecule has 0 aliphatic heterocycles. The van der Waals surface area contributed by atoms with Crippen molar-refractivity contribution in [1.82, 2.24) is 0 Å². The maximum atomic E-state index is 12.0. The Morgan fingerprint density at radius 3 is 2.71 bits per heavy atom. The van der Waals surface area contributed by atoms with Gasteiger partial charge in [0.1, 0.15) is 6.61 Å². The average Bonchev–Trinajstić information content (AvgIpc) is 2.48. The summed E-state index contributed by atoms with van der Waals surface area (Å²) in [6, 6.07) is 11.8. The van der Waals surface area contributed by atoms with Gasteiger partial charge in [-0.1, -0.05) is 17.7 Å². The van der Waals surface area contributed by atoms with Crippen LogP contribution in [0.15, 0.2) is 36.4 Å². The monoisotopic (exact) mass is 300 g/mol. The zero-order valence-electron chi connectivity index (χ0n) is 11.4. The average molecular weight is 301 g/mol. The van der Waals surface area contributed by atoms with Crippen LogP contribution in [0.5, 0.6) is 0 Å². The lowest BCUT2D eigenvalue weighted by Crippen LogP contribution is -2.06. The van der Waals surface area contributed by atoms with Crippen LogP contribution >= 0.6 is 11.6 Å². The number of rotatable bonds is 3. The van der Waals surface area contributed by atoms with Gasteiger partial charge < -0.3 is 10.5 Å². The maximum Gasteiger partial charge on any atom is 0.338 e. The summed E-state index contributed by atoms with van der Waals surface area (Å²) in [6.45, 7) is 1.87. The van der Waals surface area contributed by atoms with E-state index in [4.69, 9.17) is 27.3 Å². The molecule has 0 aliphatic rings. The number of nitriles is 1. The summed E-state index contributed by atoms with van der Waals surface area (Å²) in [4.78, 5) is 12.0. The van der Waals surface area contributed by atoms with E-state index >= 15 is 0 Å². The largest absolute Gasteiger partial charge is 0.457 e. The molecule has 0 saturated carbocycles. The fourth-order valence-corrected chi connectivity index (χ4v) is 2.00. The minimum Gasteiger partial charge on any atom is -0.457 e. The van der Waals surface area contributed by atoms with Crippen molar-refractivity contribution in [1.29, 1.82) is 5.26 Å². The minimum absolute atomic E-state index is 0.0484. The number of aryl methyl sites for hydroxylation is 1. The first-order valence-electron chi connectivity index (χ1n) is 6.23. The van der Waals surface area contributed by atoms with Gasteiger partial charge in [0.05, 0.1) is 17.2 Å². The Labute approximate surface area is 127 Å². The van der Waals surface area contributed by atoms with Gasteiger partial charge in [0.15, 0.2) is 0 Å². The molecular formula is C16H13ClN2O2. The van der Waals surface area contributed by atoms with Crippen LogP contribution < -0.4 is 5.73 Å². The number of esters is 1. The van der Waals surface area contributed by atoms with E-state index in [9.17, 15) is 4.79 Å². The predicted octanol–water partition coefficient (Wildman–Crippen LogP) is 3.46. The van der Waals surface area contributed by atoms with Crippen molar-refractivity contribution in [3.8, 4) is 6.07 Å². The lowest BCUT2D eigenvalue weighted by Gasteiger charge is -2.08. The molecule has 2 N–H and O–H groups in total. The topological polar surface area (TPSA) is 76.1 Å². The van der Waals surface area contributed by atoms with Crippen LogP contribution in [0, 0.1) is 18.3 Å². The van der Waals surface area contributed by atoms with Gasteiger partial charge in [-0.3, -0.25) is 0 Å². The van der Waals surface area contributed by atoms with E-state index in [1.807, 2.05) is 13.0 Å². The highest BCUT2D eigenvalue weighted by Gasteiger charge is 2.10. The lowest BCUT2D eigenvalue weighted by atomic mass is 10.1. The molecule has 2 aromatic carbocycles. The van der Waals surface area contributed by atoms with Gasteiger partial charge in [-0.25, -0.2) is 4.79 Å². The van der Waals surface area contributed by atoms with Crippen molar-refractivity contribution >= 4 is 23.3 Å². The van der Waals surface area contributed by atoms with E-state index in [1.165, 1.54) is 6.07 Å². The molecular weight excluding hydrogens is 288 g/mol. The Morgan fingerprint density at radius 1 is 1.33 bits per heavy atom. The van der Waals surface area contributed by atoms with Gasteiger partial charge in [0, 0.05) is 16.3 Å². The smallest absolute Gasteiger partial charge is 0.338 e. The molecule has 4 nitrogen and oxygen atoms in total. The van der Waals surface area contributed by atoms with Crippen molar-refractivity contribution in [2.75, 3.05) is 5.73 Å². The van der Waals surface area contributed by atoms with Crippen molar-refractivity contribution in [3.05, 3.63) is 63.7 Å². The third-order valence-corrected chi connectivity index (χ3v) is 3.40. The van der Waals surface area contributed by atoms with E-state index < -0.39 is 5.97 Å². The van der Waals surface area contributed by atoms with E-state index in [-0.39, 0.29) is 6.61 Å². The highest BCUT2D eigenvalue weighted by molar-refractivity contribution is 6.31. The fraction of sp³-hybridized carbons (Fsp3) is 0.125. The zero-order valence-corrected chi connectivity index (χ0v) is 12.1. The number of hydrogen-bond donors (Lipinski definition) is 1. The Hall–Kier alpha value is -2.51. The number of benzene rings is 2. The highest BCUT2D eigenvalue weighted by atomic mass is 35.5. The number of nitrogens with zero attached hydrogens (tertiary/aromatic N) is 1. The number of nitrogen functional groups attached to an aromatic ring is 1. The molecule has 2 aromatic rings. The van der Waals surface area contributed by atoms with Crippen molar-refractivity contribution in [2.45, 2.75) is 13.5 Å². The first-order chi connectivity index (χ1) is 10.0. The summed E-state index contributed by atoms with van der Waals surface area (Å²) in [5.41, 5.74) is 8.70. The van der Waals surface area contributed by atoms with Crippen molar-refractivity contribution in [3.63, 3.8) is 0 Å². The number of halogens is 1. The summed E-state index contributed by atoms with van der Waals surface area (Å²) in [6.07, 6.45) is 0. The Bertz CT molecular complexity index is 736. The molecule has 0 spiro atoms. The Morgan fingerprint density at radius 2 is 2.10 bits per heavy atom. The molecule has 0 aliphatic carbocycles. The highest BCUT2D eigenvalue weighted by Crippen LogP contribution is 2.19. The molecule has 0 atom stereocenters. The molecule has 5 heteroatoms. The molecule has 0 bridgehead atoms. The van der Waals surface area contributed by atoms with Crippen LogP contribution in [0.4, 0.5) is 5.69 Å². The molecule has 21 heavy (non-hydrogen) atoms.